The van der Waals surface area contributed by atoms with Gasteiger partial charge in [0.15, 0.2) is 0 Å². The molecule has 1 rings (SSSR count). The van der Waals surface area contributed by atoms with E-state index in [0.29, 0.717) is 5.92 Å². The molecule has 3 atom stereocenters. The van der Waals surface area contributed by atoms with Crippen molar-refractivity contribution >= 4 is 0 Å². The minimum Gasteiger partial charge on any atom is -0.390 e. The van der Waals surface area contributed by atoms with Gasteiger partial charge in [-0.1, -0.05) is 46.5 Å². The van der Waals surface area contributed by atoms with Crippen LogP contribution in [0, 0.1) is 11.3 Å². The number of aliphatic hydroxyl groups is 1. The Kier molecular flexibility index (Phi) is 4.22. The van der Waals surface area contributed by atoms with E-state index in [0.717, 1.165) is 6.42 Å². The van der Waals surface area contributed by atoms with E-state index in [1.165, 1.54) is 38.5 Å². The van der Waals surface area contributed by atoms with Crippen LogP contribution in [-0.2, 0) is 0 Å². The molecule has 0 saturated heterocycles. The predicted molar refractivity (Wildman–Crippen MR) is 65.9 cm³/mol. The monoisotopic (exact) mass is 212 g/mol. The maximum absolute atomic E-state index is 10.4. The molecule has 0 heterocycles. The van der Waals surface area contributed by atoms with Crippen molar-refractivity contribution < 1.29 is 5.11 Å². The van der Waals surface area contributed by atoms with Gasteiger partial charge in [0.2, 0.25) is 0 Å². The SMILES string of the molecule is CCCCCC[C@]1(C)[C@@H](C)CC[C@@]1(C)O. The van der Waals surface area contributed by atoms with Gasteiger partial charge in [0.1, 0.15) is 0 Å². The van der Waals surface area contributed by atoms with Crippen LogP contribution < -0.4 is 0 Å². The fraction of sp³-hybridized carbons (Fsp3) is 1.00. The molecule has 1 aliphatic carbocycles. The molecular weight excluding hydrogens is 184 g/mol. The van der Waals surface area contributed by atoms with Crippen molar-refractivity contribution in [3.63, 3.8) is 0 Å². The molecule has 1 fully saturated rings. The van der Waals surface area contributed by atoms with Crippen molar-refractivity contribution in [3.05, 3.63) is 0 Å². The van der Waals surface area contributed by atoms with Gasteiger partial charge in [0.25, 0.3) is 0 Å². The number of hydrogen-bond donors (Lipinski definition) is 1. The Morgan fingerprint density at radius 3 is 2.33 bits per heavy atom. The fourth-order valence-corrected chi connectivity index (χ4v) is 3.07. The molecule has 0 unspecified atom stereocenters. The number of unbranched alkanes of at least 4 members (excludes halogenated alkanes) is 3. The first-order valence-corrected chi connectivity index (χ1v) is 6.66. The summed E-state index contributed by atoms with van der Waals surface area (Å²) in [7, 11) is 0. The van der Waals surface area contributed by atoms with Crippen LogP contribution in [0.1, 0.15) is 72.6 Å². The highest BCUT2D eigenvalue weighted by molar-refractivity contribution is 5.01. The Labute approximate surface area is 95.3 Å². The summed E-state index contributed by atoms with van der Waals surface area (Å²) in [5.74, 6) is 0.675. The molecule has 1 nitrogen and oxygen atoms in total. The van der Waals surface area contributed by atoms with Crippen molar-refractivity contribution in [1.29, 1.82) is 0 Å². The first-order chi connectivity index (χ1) is 6.94. The Hall–Kier alpha value is -0.0400. The zero-order valence-electron chi connectivity index (χ0n) is 11.0. The van der Waals surface area contributed by atoms with Gasteiger partial charge in [-0.25, -0.2) is 0 Å². The summed E-state index contributed by atoms with van der Waals surface area (Å²) in [6.07, 6.45) is 8.62. The summed E-state index contributed by atoms with van der Waals surface area (Å²) in [5, 5.41) is 10.4. The molecule has 0 aromatic heterocycles. The standard InChI is InChI=1S/C14H28O/c1-5-6-7-8-10-13(3)12(2)9-11-14(13,4)15/h12,15H,5-11H2,1-4H3/t12-,13+,14+/m0/s1. The van der Waals surface area contributed by atoms with Gasteiger partial charge in [-0.2, -0.15) is 0 Å². The average molecular weight is 212 g/mol. The van der Waals surface area contributed by atoms with Crippen molar-refractivity contribution in [2.75, 3.05) is 0 Å². The van der Waals surface area contributed by atoms with E-state index in [-0.39, 0.29) is 5.41 Å². The largest absolute Gasteiger partial charge is 0.390 e. The number of rotatable bonds is 5. The maximum Gasteiger partial charge on any atom is 0.0675 e. The zero-order valence-corrected chi connectivity index (χ0v) is 11.0. The first kappa shape index (κ1) is 13.0. The minimum atomic E-state index is -0.432. The van der Waals surface area contributed by atoms with E-state index < -0.39 is 5.60 Å². The molecule has 1 heteroatoms. The molecule has 0 amide bonds. The predicted octanol–water partition coefficient (Wildman–Crippen LogP) is 4.14. The van der Waals surface area contributed by atoms with E-state index in [1.54, 1.807) is 0 Å². The summed E-state index contributed by atoms with van der Waals surface area (Å²) in [4.78, 5) is 0. The van der Waals surface area contributed by atoms with Gasteiger partial charge in [-0.15, -0.1) is 0 Å². The second-order valence-electron chi connectivity index (χ2n) is 5.94. The third kappa shape index (κ3) is 2.55. The topological polar surface area (TPSA) is 20.2 Å². The highest BCUT2D eigenvalue weighted by Crippen LogP contribution is 2.53. The van der Waals surface area contributed by atoms with E-state index in [4.69, 9.17) is 0 Å². The van der Waals surface area contributed by atoms with E-state index in [9.17, 15) is 5.11 Å². The third-order valence-corrected chi connectivity index (χ3v) is 4.93. The smallest absolute Gasteiger partial charge is 0.0675 e. The van der Waals surface area contributed by atoms with Gasteiger partial charge in [0.05, 0.1) is 5.60 Å². The summed E-state index contributed by atoms with van der Waals surface area (Å²) < 4.78 is 0. The second-order valence-corrected chi connectivity index (χ2v) is 5.94. The average Bonchev–Trinajstić information content (AvgIpc) is 2.38. The highest BCUT2D eigenvalue weighted by atomic mass is 16.3. The summed E-state index contributed by atoms with van der Waals surface area (Å²) in [6, 6.07) is 0. The Balaban J connectivity index is 2.48. The third-order valence-electron chi connectivity index (χ3n) is 4.93. The lowest BCUT2D eigenvalue weighted by atomic mass is 9.69. The molecule has 0 radical (unpaired) electrons. The quantitative estimate of drug-likeness (QED) is 0.679. The molecular formula is C14H28O. The Bertz CT molecular complexity index is 198. The van der Waals surface area contributed by atoms with Gasteiger partial charge in [-0.05, 0) is 37.5 Å². The van der Waals surface area contributed by atoms with Crippen LogP contribution in [0.15, 0.2) is 0 Å². The molecule has 15 heavy (non-hydrogen) atoms. The van der Waals surface area contributed by atoms with Crippen molar-refractivity contribution in [2.24, 2.45) is 11.3 Å². The molecule has 0 spiro atoms. The van der Waals surface area contributed by atoms with Crippen LogP contribution in [-0.4, -0.2) is 10.7 Å². The molecule has 0 aromatic carbocycles. The molecule has 1 aliphatic rings. The van der Waals surface area contributed by atoms with Crippen LogP contribution in [0.4, 0.5) is 0 Å². The summed E-state index contributed by atoms with van der Waals surface area (Å²) in [5.41, 5.74) is -0.278. The molecule has 0 aromatic rings. The molecule has 0 aliphatic heterocycles. The van der Waals surface area contributed by atoms with E-state index in [1.807, 2.05) is 6.92 Å². The normalized spacial score (nSPS) is 41.0. The van der Waals surface area contributed by atoms with Crippen LogP contribution >= 0.6 is 0 Å². The molecule has 90 valence electrons. The van der Waals surface area contributed by atoms with Crippen LogP contribution in [0.3, 0.4) is 0 Å². The van der Waals surface area contributed by atoms with Gasteiger partial charge in [0, 0.05) is 0 Å². The first-order valence-electron chi connectivity index (χ1n) is 6.66. The number of hydrogen-bond acceptors (Lipinski definition) is 1. The second kappa shape index (κ2) is 4.86. The van der Waals surface area contributed by atoms with Crippen molar-refractivity contribution in [1.82, 2.24) is 0 Å². The van der Waals surface area contributed by atoms with Crippen molar-refractivity contribution in [3.8, 4) is 0 Å². The Morgan fingerprint density at radius 2 is 1.87 bits per heavy atom. The van der Waals surface area contributed by atoms with E-state index >= 15 is 0 Å². The van der Waals surface area contributed by atoms with Gasteiger partial charge >= 0.3 is 0 Å². The summed E-state index contributed by atoms with van der Waals surface area (Å²) in [6.45, 7) is 8.88. The molecule has 1 N–H and O–H groups in total. The highest BCUT2D eigenvalue weighted by Gasteiger charge is 2.50. The van der Waals surface area contributed by atoms with Gasteiger partial charge in [-0.3, -0.25) is 0 Å². The van der Waals surface area contributed by atoms with Crippen LogP contribution in [0.2, 0.25) is 0 Å². The lowest BCUT2D eigenvalue weighted by Gasteiger charge is -2.40. The van der Waals surface area contributed by atoms with Gasteiger partial charge < -0.3 is 5.11 Å². The molecule has 1 saturated carbocycles. The maximum atomic E-state index is 10.4. The van der Waals surface area contributed by atoms with Crippen molar-refractivity contribution in [2.45, 2.75) is 78.2 Å². The van der Waals surface area contributed by atoms with E-state index in [2.05, 4.69) is 20.8 Å². The lowest BCUT2D eigenvalue weighted by molar-refractivity contribution is -0.0569. The minimum absolute atomic E-state index is 0.154. The van der Waals surface area contributed by atoms with Crippen LogP contribution in [0.25, 0.3) is 0 Å². The fourth-order valence-electron chi connectivity index (χ4n) is 3.07. The summed E-state index contributed by atoms with van der Waals surface area (Å²) >= 11 is 0. The zero-order chi connectivity index (χ0) is 11.5. The Morgan fingerprint density at radius 1 is 1.20 bits per heavy atom. The lowest BCUT2D eigenvalue weighted by Crippen LogP contribution is -2.41. The van der Waals surface area contributed by atoms with Crippen LogP contribution in [0.5, 0.6) is 0 Å². The molecule has 0 bridgehead atoms.